The number of carbonyl (C=O) groups excluding carboxylic acids is 12. The van der Waals surface area contributed by atoms with Crippen molar-refractivity contribution >= 4 is 107 Å². The number of carboxylic acids is 2. The standard InChI is InChI=1S/C75H123N19O18S/c1-12-44(10)60(94-70(108)57(39-96)92-63(101)50(27-28-58(97)98)83-61(99)47(76)33-40(2)3)72(110)90-55(37-46-23-17-14-18-24-46)68(106)84-48(25-19-30-81-74(77)78)62(100)91-56(38-95)69(107)88-53(35-42(6)7)65(103)87-52(34-41(4)5)66(104)89-54(36-45-21-15-13-16-22-45)67(105)85-49(26-20-31-82-75(79)80)64(102)93-59(43(8)9)71(109)86-51(73(111)112)29-32-113-11/h13-18,21-24,40-44,47-57,59-60,95-96H,12,19-20,25-39,76H2,1-11H3,(H,83,99)(H,84,106)(H,85,105)(H,86,109)(H,87,103)(H,88,107)(H,89,104)(H,90,110)(H,91,100)(H,92,101)(H,93,102)(H,94,108)(H,97,98)(H,111,112)(H4,77,78,81)(H4,79,80,82)/t44-,47-,48-,49-,50-,51-,52-,53-,54-,55-,56-,57-,59-,60-/m0/s1. The fourth-order valence-corrected chi connectivity index (χ4v) is 12.0. The second-order valence-electron chi connectivity index (χ2n) is 29.4. The first-order valence-corrected chi connectivity index (χ1v) is 39.4. The molecule has 2 aromatic carbocycles. The Kier molecular flexibility index (Phi) is 45.6. The lowest BCUT2D eigenvalue weighted by Crippen LogP contribution is -2.62. The minimum Gasteiger partial charge on any atom is -0.481 e. The Morgan fingerprint density at radius 2 is 0.726 bits per heavy atom. The molecule has 37 nitrogen and oxygen atoms in total. The lowest BCUT2D eigenvalue weighted by molar-refractivity contribution is -0.142. The van der Waals surface area contributed by atoms with Gasteiger partial charge in [0.2, 0.25) is 70.9 Å². The normalized spacial score (nSPS) is 15.0. The summed E-state index contributed by atoms with van der Waals surface area (Å²) in [6.07, 6.45) is 0.655. The van der Waals surface area contributed by atoms with E-state index in [9.17, 15) is 87.5 Å². The van der Waals surface area contributed by atoms with Crippen molar-refractivity contribution in [2.75, 3.05) is 38.3 Å². The molecule has 0 bridgehead atoms. The number of nitrogens with two attached hydrogens (primary N) is 5. The molecule has 0 aliphatic carbocycles. The number of aliphatic carboxylic acids is 2. The lowest BCUT2D eigenvalue weighted by Gasteiger charge is -2.30. The molecule has 0 aliphatic rings. The van der Waals surface area contributed by atoms with Gasteiger partial charge in [-0.15, -0.1) is 0 Å². The largest absolute Gasteiger partial charge is 0.481 e. The smallest absolute Gasteiger partial charge is 0.326 e. The Morgan fingerprint density at radius 3 is 1.11 bits per heavy atom. The van der Waals surface area contributed by atoms with Crippen LogP contribution in [0.5, 0.6) is 0 Å². The van der Waals surface area contributed by atoms with Gasteiger partial charge < -0.3 is 113 Å². The van der Waals surface area contributed by atoms with Crippen molar-refractivity contribution in [3.63, 3.8) is 0 Å². The molecule has 14 atom stereocenters. The summed E-state index contributed by atoms with van der Waals surface area (Å²) in [6.45, 7) is 15.0. The van der Waals surface area contributed by atoms with Gasteiger partial charge in [-0.25, -0.2) is 4.79 Å². The van der Waals surface area contributed by atoms with Crippen molar-refractivity contribution in [2.24, 2.45) is 68.2 Å². The van der Waals surface area contributed by atoms with Gasteiger partial charge in [0.1, 0.15) is 72.5 Å². The molecule has 113 heavy (non-hydrogen) atoms. The number of aliphatic imine (C=N–C) groups is 2. The van der Waals surface area contributed by atoms with Gasteiger partial charge in [0.05, 0.1) is 19.3 Å². The number of aliphatic hydroxyl groups excluding tert-OH is 2. The van der Waals surface area contributed by atoms with Crippen LogP contribution in [0.25, 0.3) is 0 Å². The van der Waals surface area contributed by atoms with Crippen LogP contribution in [-0.2, 0) is 80.0 Å². The maximum absolute atomic E-state index is 14.8. The maximum Gasteiger partial charge on any atom is 0.326 e. The average molecular weight is 1610 g/mol. The number of carboxylic acid groups (broad SMARTS) is 2. The molecule has 2 aromatic rings. The third kappa shape index (κ3) is 38.2. The van der Waals surface area contributed by atoms with E-state index in [0.717, 1.165) is 0 Å². The van der Waals surface area contributed by atoms with Crippen molar-refractivity contribution in [3.8, 4) is 0 Å². The quantitative estimate of drug-likeness (QED) is 0.0181. The van der Waals surface area contributed by atoms with E-state index < -0.39 is 199 Å². The van der Waals surface area contributed by atoms with E-state index in [0.29, 0.717) is 16.9 Å². The number of nitrogens with one attached hydrogen (secondary N) is 12. The number of thioether (sulfide) groups is 1. The predicted octanol–water partition coefficient (Wildman–Crippen LogP) is -2.75. The van der Waals surface area contributed by atoms with Crippen LogP contribution < -0.4 is 92.5 Å². The zero-order valence-corrected chi connectivity index (χ0v) is 67.4. The molecule has 0 unspecified atom stereocenters. The van der Waals surface area contributed by atoms with Gasteiger partial charge >= 0.3 is 11.9 Å². The first kappa shape index (κ1) is 98.9. The molecular weight excluding hydrogens is 1490 g/mol. The van der Waals surface area contributed by atoms with Crippen molar-refractivity contribution in [1.82, 2.24) is 63.8 Å². The van der Waals surface area contributed by atoms with Gasteiger partial charge in [0.15, 0.2) is 11.9 Å². The summed E-state index contributed by atoms with van der Waals surface area (Å²) in [5.41, 5.74) is 29.4. The van der Waals surface area contributed by atoms with Gasteiger partial charge in [0, 0.05) is 32.4 Å². The minimum absolute atomic E-state index is 0.0159. The van der Waals surface area contributed by atoms with Crippen LogP contribution in [0.1, 0.15) is 151 Å². The highest BCUT2D eigenvalue weighted by molar-refractivity contribution is 7.98. The molecule has 0 fully saturated rings. The van der Waals surface area contributed by atoms with Crippen LogP contribution in [0.2, 0.25) is 0 Å². The third-order valence-corrected chi connectivity index (χ3v) is 18.6. The van der Waals surface area contributed by atoms with Gasteiger partial charge in [-0.2, -0.15) is 11.8 Å². The number of nitrogens with zero attached hydrogens (tertiary/aromatic N) is 2. The molecule has 0 saturated carbocycles. The number of aliphatic hydroxyl groups is 2. The summed E-state index contributed by atoms with van der Waals surface area (Å²) in [6, 6.07) is -2.19. The zero-order valence-electron chi connectivity index (χ0n) is 66.6. The predicted molar refractivity (Wildman–Crippen MR) is 426 cm³/mol. The summed E-state index contributed by atoms with van der Waals surface area (Å²) in [4.78, 5) is 203. The summed E-state index contributed by atoms with van der Waals surface area (Å²) in [7, 11) is 0. The Labute approximate surface area is 664 Å². The summed E-state index contributed by atoms with van der Waals surface area (Å²) < 4.78 is 0. The Balaban J connectivity index is 2.59. The van der Waals surface area contributed by atoms with Crippen molar-refractivity contribution in [3.05, 3.63) is 71.8 Å². The zero-order chi connectivity index (χ0) is 85.2. The Bertz CT molecular complexity index is 3480. The van der Waals surface area contributed by atoms with E-state index >= 15 is 0 Å². The van der Waals surface area contributed by atoms with Crippen LogP contribution in [0.15, 0.2) is 70.6 Å². The Hall–Kier alpha value is -10.2. The van der Waals surface area contributed by atoms with Gasteiger partial charge in [-0.05, 0) is 111 Å². The molecule has 632 valence electrons. The molecular formula is C75H123N19O18S. The highest BCUT2D eigenvalue weighted by Gasteiger charge is 2.39. The highest BCUT2D eigenvalue weighted by Crippen LogP contribution is 2.17. The third-order valence-electron chi connectivity index (χ3n) is 17.9. The number of rotatable bonds is 54. The lowest BCUT2D eigenvalue weighted by atomic mass is 9.96. The maximum atomic E-state index is 14.8. The van der Waals surface area contributed by atoms with E-state index in [1.807, 2.05) is 13.8 Å². The Morgan fingerprint density at radius 1 is 0.398 bits per heavy atom. The van der Waals surface area contributed by atoms with Gasteiger partial charge in [-0.3, -0.25) is 72.3 Å². The number of hydrogen-bond donors (Lipinski definition) is 21. The van der Waals surface area contributed by atoms with Crippen LogP contribution in [0.4, 0.5) is 0 Å². The molecule has 0 radical (unpaired) electrons. The molecule has 12 amide bonds. The molecule has 0 saturated heterocycles. The monoisotopic (exact) mass is 1610 g/mol. The molecule has 0 heterocycles. The number of carbonyl (C=O) groups is 14. The number of benzene rings is 2. The molecule has 0 aromatic heterocycles. The van der Waals surface area contributed by atoms with Crippen LogP contribution >= 0.6 is 11.8 Å². The first-order valence-electron chi connectivity index (χ1n) is 38.0. The van der Waals surface area contributed by atoms with Crippen LogP contribution in [0, 0.1) is 29.6 Å². The molecule has 0 aliphatic heterocycles. The summed E-state index contributed by atoms with van der Waals surface area (Å²) in [5, 5.41) is 71.5. The van der Waals surface area contributed by atoms with E-state index in [1.165, 1.54) is 11.8 Å². The molecule has 38 heteroatoms. The second-order valence-corrected chi connectivity index (χ2v) is 30.4. The molecule has 26 N–H and O–H groups in total. The summed E-state index contributed by atoms with van der Waals surface area (Å²) in [5.74, 6) is -15.8. The fraction of sp³-hybridized carbons (Fsp3) is 0.627. The topological polar surface area (TPSA) is 619 Å². The number of hydrogen-bond acceptors (Lipinski definition) is 20. The second kappa shape index (κ2) is 52.2. The summed E-state index contributed by atoms with van der Waals surface area (Å²) >= 11 is 1.38. The fourth-order valence-electron chi connectivity index (χ4n) is 11.6. The first-order chi connectivity index (χ1) is 53.2. The van der Waals surface area contributed by atoms with Gasteiger partial charge in [0.25, 0.3) is 0 Å². The number of guanidine groups is 2. The molecule has 0 spiro atoms. The van der Waals surface area contributed by atoms with Gasteiger partial charge in [-0.1, -0.05) is 136 Å². The van der Waals surface area contributed by atoms with Crippen LogP contribution in [0.3, 0.4) is 0 Å². The SMILES string of the molecule is CC[C@H](C)[C@H](NC(=O)[C@H](CO)NC(=O)[C@H](CCC(=O)O)NC(=O)[C@@H](N)CC(C)C)C(=O)N[C@@H](Cc1ccccc1)C(=O)N[C@@H](CCCN=C(N)N)C(=O)N[C@@H](CO)C(=O)N[C@@H](CC(C)C)C(=O)N[C@@H](CC(C)C)C(=O)N[C@@H](Cc1ccccc1)C(=O)N[C@@H](CCCN=C(N)N)C(=O)N[C@H](C(=O)N[C@@H](CCSC)C(=O)O)C(C)C. The molecule has 2 rings (SSSR count). The van der Waals surface area contributed by atoms with E-state index in [-0.39, 0.29) is 113 Å². The minimum atomic E-state index is -1.83. The van der Waals surface area contributed by atoms with E-state index in [1.54, 1.807) is 122 Å². The highest BCUT2D eigenvalue weighted by atomic mass is 32.2. The van der Waals surface area contributed by atoms with Crippen LogP contribution in [-0.4, -0.2) is 232 Å². The van der Waals surface area contributed by atoms with E-state index in [4.69, 9.17) is 28.7 Å². The number of amides is 12. The van der Waals surface area contributed by atoms with Crippen molar-refractivity contribution < 1.29 is 87.5 Å². The van der Waals surface area contributed by atoms with Crippen molar-refractivity contribution in [1.29, 1.82) is 0 Å². The van der Waals surface area contributed by atoms with Crippen molar-refractivity contribution in [2.45, 2.75) is 231 Å². The van der Waals surface area contributed by atoms with E-state index in [2.05, 4.69) is 73.8 Å². The average Bonchev–Trinajstić information content (AvgIpc) is 0.845.